The molecule has 1 unspecified atom stereocenters. The molecule has 9 nitrogen and oxygen atoms in total. The van der Waals surface area contributed by atoms with Crippen LogP contribution in [0.15, 0.2) is 43.1 Å². The molecule has 0 radical (unpaired) electrons. The highest BCUT2D eigenvalue weighted by Crippen LogP contribution is 2.43. The van der Waals surface area contributed by atoms with E-state index in [0.717, 1.165) is 68.9 Å². The number of Topliss-reactive ketones (excluding diaryl/α,β-unsaturated/α-hetero) is 1. The molecule has 0 bridgehead atoms. The van der Waals surface area contributed by atoms with Gasteiger partial charge in [0.1, 0.15) is 17.5 Å². The maximum atomic E-state index is 13.8. The van der Waals surface area contributed by atoms with Crippen LogP contribution in [0, 0.1) is 0 Å². The number of ether oxygens (including phenoxy) is 1. The monoisotopic (exact) mass is 580 g/mol. The highest BCUT2D eigenvalue weighted by atomic mass is 16.5. The maximum Gasteiger partial charge on any atom is 0.229 e. The Balaban J connectivity index is 1.26. The zero-order chi connectivity index (χ0) is 29.7. The molecule has 0 amide bonds. The van der Waals surface area contributed by atoms with Crippen LogP contribution in [-0.4, -0.2) is 63.6 Å². The third-order valence-corrected chi connectivity index (χ3v) is 9.70. The van der Waals surface area contributed by atoms with Crippen molar-refractivity contribution in [3.05, 3.63) is 76.6 Å². The molecule has 1 aromatic carbocycles. The number of rotatable bonds is 9. The average molecular weight is 581 g/mol. The summed E-state index contributed by atoms with van der Waals surface area (Å²) >= 11 is 0. The van der Waals surface area contributed by atoms with E-state index < -0.39 is 11.6 Å². The summed E-state index contributed by atoms with van der Waals surface area (Å²) < 4.78 is 5.55. The molecule has 1 saturated heterocycles. The van der Waals surface area contributed by atoms with Gasteiger partial charge in [0, 0.05) is 30.9 Å². The Bertz CT molecular complexity index is 1590. The molecule has 1 fully saturated rings. The van der Waals surface area contributed by atoms with Gasteiger partial charge in [0.25, 0.3) is 0 Å². The van der Waals surface area contributed by atoms with Crippen molar-refractivity contribution in [3.63, 3.8) is 0 Å². The van der Waals surface area contributed by atoms with E-state index in [0.29, 0.717) is 48.3 Å². The minimum absolute atomic E-state index is 0.00255. The number of likely N-dealkylation sites (N-methyl/N-ethyl adjacent to an activating group) is 1. The Kier molecular flexibility index (Phi) is 7.27. The van der Waals surface area contributed by atoms with Gasteiger partial charge < -0.3 is 20.1 Å². The van der Waals surface area contributed by atoms with Crippen molar-refractivity contribution in [2.75, 3.05) is 37.0 Å². The van der Waals surface area contributed by atoms with Crippen LogP contribution in [0.2, 0.25) is 0 Å². The molecule has 0 spiro atoms. The largest absolute Gasteiger partial charge is 0.384 e. The highest BCUT2D eigenvalue weighted by Gasteiger charge is 2.42. The smallest absolute Gasteiger partial charge is 0.229 e. The quantitative estimate of drug-likeness (QED) is 0.257. The minimum Gasteiger partial charge on any atom is -0.384 e. The average Bonchev–Trinajstić information content (AvgIpc) is 3.45. The molecule has 9 heteroatoms. The second kappa shape index (κ2) is 11.1. The van der Waals surface area contributed by atoms with Gasteiger partial charge in [-0.05, 0) is 92.4 Å². The Morgan fingerprint density at radius 2 is 2.07 bits per heavy atom. The van der Waals surface area contributed by atoms with E-state index in [1.165, 1.54) is 16.7 Å². The zero-order valence-electron chi connectivity index (χ0n) is 25.1. The number of ketones is 1. The number of allylic oxidation sites excluding steroid dienone is 1. The van der Waals surface area contributed by atoms with E-state index in [2.05, 4.69) is 41.0 Å². The third-order valence-electron chi connectivity index (χ3n) is 9.70. The Labute approximate surface area is 253 Å². The summed E-state index contributed by atoms with van der Waals surface area (Å²) in [7, 11) is 2.16. The van der Waals surface area contributed by atoms with Crippen molar-refractivity contribution in [2.24, 2.45) is 0 Å². The van der Waals surface area contributed by atoms with Crippen molar-refractivity contribution in [2.45, 2.75) is 76.0 Å². The van der Waals surface area contributed by atoms with Gasteiger partial charge in [0.15, 0.2) is 11.6 Å². The number of nitrogens with zero attached hydrogens (tertiary/aromatic N) is 5. The number of hydrogen-bond donors (Lipinski definition) is 2. The molecule has 3 aliphatic heterocycles. The topological polar surface area (TPSA) is 104 Å². The van der Waals surface area contributed by atoms with E-state index in [4.69, 9.17) is 14.7 Å². The number of aliphatic hydroxyl groups is 1. The number of aromatic nitrogens is 3. The predicted molar refractivity (Wildman–Crippen MR) is 166 cm³/mol. The Morgan fingerprint density at radius 1 is 1.21 bits per heavy atom. The first kappa shape index (κ1) is 28.1. The van der Waals surface area contributed by atoms with Crippen LogP contribution in [0.25, 0.3) is 0 Å². The van der Waals surface area contributed by atoms with Gasteiger partial charge in [-0.25, -0.2) is 9.97 Å². The number of benzene rings is 1. The van der Waals surface area contributed by atoms with Gasteiger partial charge in [0.05, 0.1) is 24.5 Å². The molecule has 43 heavy (non-hydrogen) atoms. The van der Waals surface area contributed by atoms with Crippen LogP contribution < -0.4 is 10.2 Å². The summed E-state index contributed by atoms with van der Waals surface area (Å²) in [5.41, 5.74) is 6.41. The van der Waals surface area contributed by atoms with Crippen molar-refractivity contribution in [3.8, 4) is 0 Å². The van der Waals surface area contributed by atoms with Gasteiger partial charge in [-0.2, -0.15) is 4.98 Å². The lowest BCUT2D eigenvalue weighted by atomic mass is 9.86. The maximum absolute atomic E-state index is 13.8. The van der Waals surface area contributed by atoms with Crippen LogP contribution in [0.4, 0.5) is 23.3 Å². The fraction of sp³-hybridized carbons (Fsp3) is 0.471. The minimum atomic E-state index is -0.946. The molecule has 1 aliphatic carbocycles. The third kappa shape index (κ3) is 4.93. The molecule has 5 heterocycles. The summed E-state index contributed by atoms with van der Waals surface area (Å²) in [4.78, 5) is 32.6. The first-order valence-corrected chi connectivity index (χ1v) is 15.6. The molecule has 3 aromatic rings. The SMILES string of the molecule is C=CCCCC1C(=O)c2cnc(Nc3cc4c(c(C5COC5)c3)CCN(C)C4)nc2N1c1ccc2c(n1)[C@](O)(CC)CC2. The van der Waals surface area contributed by atoms with E-state index in [1.54, 1.807) is 6.20 Å². The van der Waals surface area contributed by atoms with Crippen molar-refractivity contribution >= 4 is 29.1 Å². The standard InChI is InChI=1S/C34H40N6O3/c1-4-6-7-8-28-30(41)27-17-35-33(36-24-15-22-18-39(3)14-12-25(22)26(16-24)23-19-43-20-23)38-32(27)40(28)29-10-9-21-11-13-34(42,5-2)31(21)37-29/h4,9-10,15-17,23,28,42H,1,5-8,11-14,18-20H2,2-3H3,(H,35,36,38)/t28?,34-/m0/s1. The molecule has 4 aliphatic rings. The molecule has 2 atom stereocenters. The van der Waals surface area contributed by atoms with E-state index in [1.807, 2.05) is 30.0 Å². The summed E-state index contributed by atoms with van der Waals surface area (Å²) in [6.45, 7) is 9.31. The number of unbranched alkanes of at least 4 members (excludes halogenated alkanes) is 1. The van der Waals surface area contributed by atoms with Gasteiger partial charge in [0.2, 0.25) is 5.95 Å². The normalized spacial score (nSPS) is 23.1. The second-order valence-electron chi connectivity index (χ2n) is 12.5. The fourth-order valence-corrected chi connectivity index (χ4v) is 7.10. The number of anilines is 4. The van der Waals surface area contributed by atoms with Crippen LogP contribution in [0.3, 0.4) is 0 Å². The first-order valence-electron chi connectivity index (χ1n) is 15.6. The van der Waals surface area contributed by atoms with Crippen LogP contribution in [-0.2, 0) is 29.7 Å². The lowest BCUT2D eigenvalue weighted by Crippen LogP contribution is -2.33. The molecule has 0 saturated carbocycles. The lowest BCUT2D eigenvalue weighted by Gasteiger charge is -2.33. The Hall–Kier alpha value is -3.66. The fourth-order valence-electron chi connectivity index (χ4n) is 7.10. The van der Waals surface area contributed by atoms with Crippen molar-refractivity contribution < 1.29 is 14.6 Å². The van der Waals surface area contributed by atoms with Crippen molar-refractivity contribution in [1.29, 1.82) is 0 Å². The summed E-state index contributed by atoms with van der Waals surface area (Å²) in [6.07, 6.45) is 8.92. The highest BCUT2D eigenvalue weighted by molar-refractivity contribution is 6.11. The summed E-state index contributed by atoms with van der Waals surface area (Å²) in [5, 5.41) is 14.8. The van der Waals surface area contributed by atoms with Gasteiger partial charge >= 0.3 is 0 Å². The first-order chi connectivity index (χ1) is 20.9. The number of nitrogens with one attached hydrogen (secondary N) is 1. The summed E-state index contributed by atoms with van der Waals surface area (Å²) in [5.74, 6) is 2.05. The van der Waals surface area contributed by atoms with Crippen molar-refractivity contribution in [1.82, 2.24) is 19.9 Å². The second-order valence-corrected chi connectivity index (χ2v) is 12.5. The molecular formula is C34H40N6O3. The van der Waals surface area contributed by atoms with Gasteiger partial charge in [-0.3, -0.25) is 9.69 Å². The zero-order valence-corrected chi connectivity index (χ0v) is 25.1. The summed E-state index contributed by atoms with van der Waals surface area (Å²) in [6, 6.07) is 8.00. The van der Waals surface area contributed by atoms with E-state index in [9.17, 15) is 9.90 Å². The lowest BCUT2D eigenvalue weighted by molar-refractivity contribution is 0.00793. The Morgan fingerprint density at radius 3 is 2.84 bits per heavy atom. The molecule has 2 N–H and O–H groups in total. The van der Waals surface area contributed by atoms with Crippen LogP contribution in [0.1, 0.15) is 83.3 Å². The number of pyridine rings is 1. The number of hydrogen-bond acceptors (Lipinski definition) is 9. The van der Waals surface area contributed by atoms with E-state index in [-0.39, 0.29) is 5.78 Å². The van der Waals surface area contributed by atoms with Gasteiger partial charge in [-0.1, -0.05) is 19.1 Å². The van der Waals surface area contributed by atoms with Crippen LogP contribution >= 0.6 is 0 Å². The number of carbonyl (C=O) groups is 1. The number of carbonyl (C=O) groups excluding carboxylic acids is 1. The number of fused-ring (bicyclic) bond motifs is 3. The van der Waals surface area contributed by atoms with E-state index >= 15 is 0 Å². The predicted octanol–water partition coefficient (Wildman–Crippen LogP) is 5.32. The molecule has 7 rings (SSSR count). The molecule has 2 aromatic heterocycles. The van der Waals surface area contributed by atoms with Crippen LogP contribution in [0.5, 0.6) is 0 Å². The van der Waals surface area contributed by atoms with Gasteiger partial charge in [-0.15, -0.1) is 6.58 Å². The number of aryl methyl sites for hydroxylation is 1. The molecular weight excluding hydrogens is 540 g/mol. The molecule has 224 valence electrons.